The van der Waals surface area contributed by atoms with E-state index in [2.05, 4.69) is 0 Å². The van der Waals surface area contributed by atoms with E-state index < -0.39 is 0 Å². The topological polar surface area (TPSA) is 40.5 Å². The van der Waals surface area contributed by atoms with Crippen LogP contribution in [0.4, 0.5) is 0 Å². The van der Waals surface area contributed by atoms with Crippen molar-refractivity contribution in [2.24, 2.45) is 0 Å². The van der Waals surface area contributed by atoms with Crippen molar-refractivity contribution in [3.8, 4) is 0 Å². The van der Waals surface area contributed by atoms with Gasteiger partial charge in [-0.25, -0.2) is 4.31 Å². The molecule has 1 aromatic rings. The largest absolute Gasteiger partial charge is 0.380 e. The number of hydrogen-bond donors (Lipinski definition) is 1. The van der Waals surface area contributed by atoms with Crippen molar-refractivity contribution in [2.45, 2.75) is 10.9 Å². The number of aliphatic hydroxyl groups is 1. The van der Waals surface area contributed by atoms with E-state index in [1.165, 1.54) is 11.9 Å². The molecule has 0 radical (unpaired) electrons. The molecule has 0 amide bonds. The molecule has 0 saturated heterocycles. The highest BCUT2D eigenvalue weighted by Crippen LogP contribution is 2.42. The highest BCUT2D eigenvalue weighted by Gasteiger charge is 2.29. The van der Waals surface area contributed by atoms with Crippen molar-refractivity contribution >= 4 is 18.2 Å². The van der Waals surface area contributed by atoms with Crippen LogP contribution in [0.25, 0.3) is 0 Å². The monoisotopic (exact) mass is 195 g/mol. The van der Waals surface area contributed by atoms with E-state index >= 15 is 0 Å². The zero-order valence-electron chi connectivity index (χ0n) is 6.88. The fourth-order valence-corrected chi connectivity index (χ4v) is 2.43. The fourth-order valence-electron chi connectivity index (χ4n) is 1.40. The van der Waals surface area contributed by atoms with Gasteiger partial charge in [-0.3, -0.25) is 0 Å². The summed E-state index contributed by atoms with van der Waals surface area (Å²) in [6, 6.07) is 7.39. The van der Waals surface area contributed by atoms with E-state index in [0.29, 0.717) is 0 Å². The van der Waals surface area contributed by atoms with Crippen LogP contribution >= 0.6 is 11.9 Å². The molecule has 13 heavy (non-hydrogen) atoms. The van der Waals surface area contributed by atoms with E-state index in [1.807, 2.05) is 24.3 Å². The van der Waals surface area contributed by atoms with Gasteiger partial charge in [0.15, 0.2) is 0 Å². The number of nitrogens with zero attached hydrogens (tertiary/aromatic N) is 1. The minimum absolute atomic E-state index is 0.108. The molecule has 1 atom stereocenters. The maximum atomic E-state index is 10.8. The Morgan fingerprint density at radius 2 is 2.31 bits per heavy atom. The molecule has 2 rings (SSSR count). The zero-order valence-corrected chi connectivity index (χ0v) is 7.70. The maximum absolute atomic E-state index is 10.8. The Bertz CT molecular complexity index is 329. The van der Waals surface area contributed by atoms with Gasteiger partial charge in [-0.05, 0) is 23.6 Å². The first-order chi connectivity index (χ1) is 6.36. The second-order valence-electron chi connectivity index (χ2n) is 2.77. The van der Waals surface area contributed by atoms with Crippen molar-refractivity contribution in [1.82, 2.24) is 4.31 Å². The highest BCUT2D eigenvalue weighted by atomic mass is 32.2. The summed E-state index contributed by atoms with van der Waals surface area (Å²) in [5.74, 6) is 0. The first-order valence-electron chi connectivity index (χ1n) is 3.96. The summed E-state index contributed by atoms with van der Waals surface area (Å²) >= 11 is 1.42. The van der Waals surface area contributed by atoms with Crippen LogP contribution in [0.3, 0.4) is 0 Å². The number of fused-ring (bicyclic) bond motifs is 1. The van der Waals surface area contributed by atoms with Crippen molar-refractivity contribution in [2.75, 3.05) is 6.73 Å². The number of aliphatic hydroxyl groups excluding tert-OH is 1. The molecule has 1 aromatic carbocycles. The molecule has 1 heterocycles. The highest BCUT2D eigenvalue weighted by molar-refractivity contribution is 7.97. The first-order valence-corrected chi connectivity index (χ1v) is 4.74. The van der Waals surface area contributed by atoms with Gasteiger partial charge in [0, 0.05) is 4.90 Å². The Morgan fingerprint density at radius 3 is 3.00 bits per heavy atom. The molecule has 0 spiro atoms. The number of benzene rings is 1. The molecule has 0 aromatic heterocycles. The summed E-state index contributed by atoms with van der Waals surface area (Å²) < 4.78 is 1.65. The Balaban J connectivity index is 2.39. The third kappa shape index (κ3) is 1.37. The Labute approximate surface area is 80.5 Å². The van der Waals surface area contributed by atoms with E-state index in [1.54, 1.807) is 4.31 Å². The van der Waals surface area contributed by atoms with Gasteiger partial charge in [0.1, 0.15) is 19.1 Å². The minimum Gasteiger partial charge on any atom is -0.380 e. The molecular weight excluding hydrogens is 186 g/mol. The van der Waals surface area contributed by atoms with Crippen molar-refractivity contribution in [1.29, 1.82) is 0 Å². The van der Waals surface area contributed by atoms with E-state index in [0.717, 1.165) is 16.7 Å². The van der Waals surface area contributed by atoms with Gasteiger partial charge in [0.05, 0.1) is 0 Å². The lowest BCUT2D eigenvalue weighted by Gasteiger charge is -2.14. The van der Waals surface area contributed by atoms with Gasteiger partial charge >= 0.3 is 0 Å². The average molecular weight is 195 g/mol. The maximum Gasteiger partial charge on any atom is 0.142 e. The molecule has 0 bridgehead atoms. The van der Waals surface area contributed by atoms with Gasteiger partial charge in [0.25, 0.3) is 0 Å². The van der Waals surface area contributed by atoms with E-state index in [9.17, 15) is 4.79 Å². The molecule has 4 heteroatoms. The number of rotatable bonds is 2. The third-order valence-corrected chi connectivity index (χ3v) is 3.18. The summed E-state index contributed by atoms with van der Waals surface area (Å²) in [7, 11) is 0. The van der Waals surface area contributed by atoms with Gasteiger partial charge in [-0.1, -0.05) is 18.2 Å². The van der Waals surface area contributed by atoms with Crippen LogP contribution in [0.2, 0.25) is 0 Å². The number of carbonyl (C=O) groups is 1. The lowest BCUT2D eigenvalue weighted by atomic mass is 10.1. The molecule has 1 aliphatic heterocycles. The van der Waals surface area contributed by atoms with Gasteiger partial charge in [-0.2, -0.15) is 0 Å². The molecule has 1 N–H and O–H groups in total. The van der Waals surface area contributed by atoms with Crippen LogP contribution in [-0.2, 0) is 4.79 Å². The second kappa shape index (κ2) is 3.49. The molecule has 0 saturated carbocycles. The SMILES string of the molecule is O=CC1c2ccccc2SN1CO. The molecule has 68 valence electrons. The van der Waals surface area contributed by atoms with Crippen molar-refractivity contribution in [3.63, 3.8) is 0 Å². The Kier molecular flexibility index (Phi) is 2.35. The fraction of sp³-hybridized carbons (Fsp3) is 0.222. The van der Waals surface area contributed by atoms with Crippen LogP contribution < -0.4 is 0 Å². The quantitative estimate of drug-likeness (QED) is 0.568. The summed E-state index contributed by atoms with van der Waals surface area (Å²) in [4.78, 5) is 11.8. The van der Waals surface area contributed by atoms with Crippen LogP contribution in [0.5, 0.6) is 0 Å². The van der Waals surface area contributed by atoms with E-state index in [4.69, 9.17) is 5.11 Å². The molecule has 0 aliphatic carbocycles. The van der Waals surface area contributed by atoms with Crippen LogP contribution in [-0.4, -0.2) is 22.4 Å². The summed E-state index contributed by atoms with van der Waals surface area (Å²) in [5.41, 5.74) is 0.983. The van der Waals surface area contributed by atoms with Crippen LogP contribution in [0, 0.1) is 0 Å². The van der Waals surface area contributed by atoms with Crippen LogP contribution in [0.1, 0.15) is 11.6 Å². The Hall–Kier alpha value is -0.840. The summed E-state index contributed by atoms with van der Waals surface area (Å²) in [6.07, 6.45) is 0.856. The Morgan fingerprint density at radius 1 is 1.54 bits per heavy atom. The second-order valence-corrected chi connectivity index (χ2v) is 3.86. The molecule has 0 fully saturated rings. The lowest BCUT2D eigenvalue weighted by molar-refractivity contribution is -0.111. The zero-order chi connectivity index (χ0) is 9.26. The first kappa shape index (κ1) is 8.74. The standard InChI is InChI=1S/C9H9NO2S/c11-5-8-7-3-1-2-4-9(7)13-10(8)6-12/h1-5,8,12H,6H2. The third-order valence-electron chi connectivity index (χ3n) is 2.03. The average Bonchev–Trinajstić information content (AvgIpc) is 2.55. The molecular formula is C9H9NO2S. The summed E-state index contributed by atoms with van der Waals surface area (Å²) in [6.45, 7) is -0.108. The molecule has 3 nitrogen and oxygen atoms in total. The van der Waals surface area contributed by atoms with E-state index in [-0.39, 0.29) is 12.8 Å². The predicted molar refractivity (Wildman–Crippen MR) is 50.0 cm³/mol. The minimum atomic E-state index is -0.300. The number of carbonyl (C=O) groups excluding carboxylic acids is 1. The van der Waals surface area contributed by atoms with Crippen molar-refractivity contribution < 1.29 is 9.90 Å². The predicted octanol–water partition coefficient (Wildman–Crippen LogP) is 1.20. The molecule has 1 aliphatic rings. The van der Waals surface area contributed by atoms with Gasteiger partial charge in [0.2, 0.25) is 0 Å². The smallest absolute Gasteiger partial charge is 0.142 e. The van der Waals surface area contributed by atoms with Gasteiger partial charge < -0.3 is 9.90 Å². The summed E-state index contributed by atoms with van der Waals surface area (Å²) in [5, 5.41) is 8.99. The van der Waals surface area contributed by atoms with Gasteiger partial charge in [-0.15, -0.1) is 0 Å². The molecule has 1 unspecified atom stereocenters. The number of aldehydes is 1. The van der Waals surface area contributed by atoms with Crippen molar-refractivity contribution in [3.05, 3.63) is 29.8 Å². The lowest BCUT2D eigenvalue weighted by Crippen LogP contribution is -2.19. The normalized spacial score (nSPS) is 21.5. The number of hydrogen-bond acceptors (Lipinski definition) is 4. The van der Waals surface area contributed by atoms with Crippen LogP contribution in [0.15, 0.2) is 29.2 Å².